The monoisotopic (exact) mass is 334 g/mol. The second-order valence-corrected chi connectivity index (χ2v) is 8.39. The van der Waals surface area contributed by atoms with E-state index in [1.165, 1.54) is 5.56 Å². The molecule has 25 heavy (non-hydrogen) atoms. The van der Waals surface area contributed by atoms with Gasteiger partial charge >= 0.3 is 5.97 Å². The van der Waals surface area contributed by atoms with Crippen molar-refractivity contribution in [1.29, 1.82) is 0 Å². The van der Waals surface area contributed by atoms with Crippen molar-refractivity contribution in [3.63, 3.8) is 0 Å². The number of rotatable bonds is 1. The van der Waals surface area contributed by atoms with Gasteiger partial charge in [-0.05, 0) is 46.2 Å². The van der Waals surface area contributed by atoms with Crippen LogP contribution in [0, 0.1) is 11.8 Å². The number of aromatic carboxylic acids is 1. The Morgan fingerprint density at radius 3 is 1.80 bits per heavy atom. The van der Waals surface area contributed by atoms with E-state index in [0.29, 0.717) is 11.1 Å². The Morgan fingerprint density at radius 1 is 0.800 bits per heavy atom. The molecule has 0 radical (unpaired) electrons. The molecule has 2 rings (SSSR count). The van der Waals surface area contributed by atoms with Crippen LogP contribution in [0.1, 0.15) is 74.2 Å². The zero-order chi connectivity index (χ0) is 18.8. The van der Waals surface area contributed by atoms with E-state index in [2.05, 4.69) is 44.7 Å². The molecule has 2 aromatic carbocycles. The van der Waals surface area contributed by atoms with E-state index in [0.717, 1.165) is 11.1 Å². The van der Waals surface area contributed by atoms with Crippen LogP contribution in [0.15, 0.2) is 42.5 Å². The molecule has 0 saturated carbocycles. The predicted molar refractivity (Wildman–Crippen MR) is 103 cm³/mol. The molecule has 0 heterocycles. The van der Waals surface area contributed by atoms with Crippen molar-refractivity contribution in [2.24, 2.45) is 0 Å². The molecular weight excluding hydrogens is 308 g/mol. The van der Waals surface area contributed by atoms with E-state index in [4.69, 9.17) is 0 Å². The Labute approximate surface area is 150 Å². The molecule has 0 amide bonds. The third kappa shape index (κ3) is 4.73. The topological polar surface area (TPSA) is 37.3 Å². The molecular formula is C23H26O2. The number of hydrogen-bond donors (Lipinski definition) is 1. The van der Waals surface area contributed by atoms with Crippen LogP contribution < -0.4 is 0 Å². The summed E-state index contributed by atoms with van der Waals surface area (Å²) in [7, 11) is 0. The van der Waals surface area contributed by atoms with E-state index in [-0.39, 0.29) is 10.8 Å². The highest BCUT2D eigenvalue weighted by Crippen LogP contribution is 2.27. The highest BCUT2D eigenvalue weighted by molar-refractivity contribution is 5.90. The molecule has 0 aliphatic carbocycles. The first-order valence-electron chi connectivity index (χ1n) is 8.49. The highest BCUT2D eigenvalue weighted by Gasteiger charge is 2.21. The smallest absolute Gasteiger partial charge is 0.336 e. The number of carboxylic acid groups (broad SMARTS) is 1. The lowest BCUT2D eigenvalue weighted by molar-refractivity contribution is 0.0694. The quantitative estimate of drug-likeness (QED) is 0.711. The maximum absolute atomic E-state index is 11.6. The first kappa shape index (κ1) is 18.8. The van der Waals surface area contributed by atoms with Crippen LogP contribution in [0.3, 0.4) is 0 Å². The third-order valence-corrected chi connectivity index (χ3v) is 4.16. The maximum Gasteiger partial charge on any atom is 0.336 e. The van der Waals surface area contributed by atoms with Gasteiger partial charge in [0, 0.05) is 11.1 Å². The van der Waals surface area contributed by atoms with Gasteiger partial charge in [-0.3, -0.25) is 0 Å². The van der Waals surface area contributed by atoms with Crippen molar-refractivity contribution < 1.29 is 9.90 Å². The average molecular weight is 334 g/mol. The molecule has 0 spiro atoms. The maximum atomic E-state index is 11.6. The van der Waals surface area contributed by atoms with E-state index >= 15 is 0 Å². The van der Waals surface area contributed by atoms with Gasteiger partial charge in [-0.2, -0.15) is 0 Å². The lowest BCUT2D eigenvalue weighted by atomic mass is 9.83. The standard InChI is InChI=1S/C23H26O2/c1-22(2,3)18-12-9-16(10-13-18)7-8-17-11-14-20(23(4,5)6)19(15-17)21(24)25/h9-15H,1-6H3,(H,24,25). The van der Waals surface area contributed by atoms with Gasteiger partial charge < -0.3 is 5.11 Å². The van der Waals surface area contributed by atoms with Gasteiger partial charge in [-0.25, -0.2) is 4.79 Å². The van der Waals surface area contributed by atoms with Crippen molar-refractivity contribution in [3.05, 3.63) is 70.3 Å². The van der Waals surface area contributed by atoms with Gasteiger partial charge in [0.15, 0.2) is 0 Å². The van der Waals surface area contributed by atoms with Crippen molar-refractivity contribution in [2.45, 2.75) is 52.4 Å². The zero-order valence-corrected chi connectivity index (χ0v) is 15.9. The van der Waals surface area contributed by atoms with Crippen LogP contribution in [0.4, 0.5) is 0 Å². The van der Waals surface area contributed by atoms with Gasteiger partial charge in [-0.15, -0.1) is 0 Å². The summed E-state index contributed by atoms with van der Waals surface area (Å²) < 4.78 is 0. The molecule has 0 fully saturated rings. The molecule has 0 bridgehead atoms. The Balaban J connectivity index is 2.35. The van der Waals surface area contributed by atoms with E-state index < -0.39 is 5.97 Å². The average Bonchev–Trinajstić information content (AvgIpc) is 2.51. The van der Waals surface area contributed by atoms with Crippen LogP contribution in [-0.2, 0) is 10.8 Å². The summed E-state index contributed by atoms with van der Waals surface area (Å²) in [6.45, 7) is 12.6. The molecule has 0 aliphatic heterocycles. The molecule has 0 unspecified atom stereocenters. The van der Waals surface area contributed by atoms with Crippen LogP contribution in [0.2, 0.25) is 0 Å². The SMILES string of the molecule is CC(C)(C)c1ccc(C#Cc2ccc(C(C)(C)C)c(C(=O)O)c2)cc1. The van der Waals surface area contributed by atoms with E-state index in [1.54, 1.807) is 6.07 Å². The van der Waals surface area contributed by atoms with Crippen LogP contribution in [0.25, 0.3) is 0 Å². The molecule has 1 N–H and O–H groups in total. The van der Waals surface area contributed by atoms with Gasteiger partial charge in [0.05, 0.1) is 5.56 Å². The minimum Gasteiger partial charge on any atom is -0.478 e. The molecule has 2 heteroatoms. The van der Waals surface area contributed by atoms with Gasteiger partial charge in [0.2, 0.25) is 0 Å². The highest BCUT2D eigenvalue weighted by atomic mass is 16.4. The summed E-state index contributed by atoms with van der Waals surface area (Å²) in [6, 6.07) is 13.6. The molecule has 2 nitrogen and oxygen atoms in total. The molecule has 0 atom stereocenters. The molecule has 130 valence electrons. The zero-order valence-electron chi connectivity index (χ0n) is 15.9. The second kappa shape index (κ2) is 6.76. The minimum absolute atomic E-state index is 0.116. The Kier molecular flexibility index (Phi) is 5.09. The van der Waals surface area contributed by atoms with Crippen molar-refractivity contribution in [2.75, 3.05) is 0 Å². The molecule has 2 aromatic rings. The number of carboxylic acids is 1. The lowest BCUT2D eigenvalue weighted by Gasteiger charge is -2.21. The van der Waals surface area contributed by atoms with Crippen molar-refractivity contribution in [1.82, 2.24) is 0 Å². The summed E-state index contributed by atoms with van der Waals surface area (Å²) in [5.74, 6) is 5.29. The fourth-order valence-electron chi connectivity index (χ4n) is 2.65. The first-order valence-corrected chi connectivity index (χ1v) is 8.49. The van der Waals surface area contributed by atoms with Gasteiger partial charge in [0.1, 0.15) is 0 Å². The fourth-order valence-corrected chi connectivity index (χ4v) is 2.65. The first-order chi connectivity index (χ1) is 11.5. The van der Waals surface area contributed by atoms with Crippen LogP contribution >= 0.6 is 0 Å². The predicted octanol–water partition coefficient (Wildman–Crippen LogP) is 5.38. The summed E-state index contributed by atoms with van der Waals surface area (Å²) in [5.41, 5.74) is 3.94. The normalized spacial score (nSPS) is 11.6. The Morgan fingerprint density at radius 2 is 1.32 bits per heavy atom. The van der Waals surface area contributed by atoms with E-state index in [9.17, 15) is 9.90 Å². The summed E-state index contributed by atoms with van der Waals surface area (Å²) in [6.07, 6.45) is 0. The molecule has 0 aliphatic rings. The lowest BCUT2D eigenvalue weighted by Crippen LogP contribution is -2.17. The summed E-state index contributed by atoms with van der Waals surface area (Å²) in [4.78, 5) is 11.6. The molecule has 0 aromatic heterocycles. The summed E-state index contributed by atoms with van der Waals surface area (Å²) in [5, 5.41) is 9.50. The summed E-state index contributed by atoms with van der Waals surface area (Å²) >= 11 is 0. The third-order valence-electron chi connectivity index (χ3n) is 4.16. The van der Waals surface area contributed by atoms with Crippen molar-refractivity contribution in [3.8, 4) is 11.8 Å². The van der Waals surface area contributed by atoms with Crippen LogP contribution in [0.5, 0.6) is 0 Å². The fraction of sp³-hybridized carbons (Fsp3) is 0.348. The Bertz CT molecular complexity index is 833. The second-order valence-electron chi connectivity index (χ2n) is 8.39. The van der Waals surface area contributed by atoms with Crippen LogP contribution in [-0.4, -0.2) is 11.1 Å². The minimum atomic E-state index is -0.914. The number of hydrogen-bond acceptors (Lipinski definition) is 1. The van der Waals surface area contributed by atoms with Crippen molar-refractivity contribution >= 4 is 5.97 Å². The Hall–Kier alpha value is -2.53. The number of carbonyl (C=O) groups is 1. The van der Waals surface area contributed by atoms with E-state index in [1.807, 2.05) is 45.0 Å². The molecule has 0 saturated heterocycles. The largest absolute Gasteiger partial charge is 0.478 e. The van der Waals surface area contributed by atoms with Gasteiger partial charge in [-0.1, -0.05) is 71.6 Å². The van der Waals surface area contributed by atoms with Gasteiger partial charge in [0.25, 0.3) is 0 Å². The number of benzene rings is 2.